The number of hydrogen-bond acceptors (Lipinski definition) is 4. The van der Waals surface area contributed by atoms with Crippen molar-refractivity contribution in [1.29, 1.82) is 0 Å². The molecule has 0 fully saturated rings. The number of ether oxygens (including phenoxy) is 4. The molecule has 5 aromatic rings. The predicted octanol–water partition coefficient (Wildman–Crippen LogP) is 6.15. The van der Waals surface area contributed by atoms with Gasteiger partial charge in [-0.3, -0.25) is 0 Å². The molecule has 0 aliphatic heterocycles. The van der Waals surface area contributed by atoms with Crippen molar-refractivity contribution in [2.24, 2.45) is 0 Å². The Hall–Kier alpha value is -4.27. The minimum Gasteiger partial charge on any atom is -0.455 e. The van der Waals surface area contributed by atoms with E-state index in [2.05, 4.69) is 24.3 Å². The van der Waals surface area contributed by atoms with Crippen LogP contribution in [0.15, 0.2) is 146 Å². The molecule has 198 valence electrons. The van der Waals surface area contributed by atoms with Crippen LogP contribution in [-0.2, 0) is 0 Å². The molecule has 6 heteroatoms. The van der Waals surface area contributed by atoms with Crippen LogP contribution in [0.25, 0.3) is 0 Å². The van der Waals surface area contributed by atoms with E-state index in [0.29, 0.717) is 19.0 Å². The van der Waals surface area contributed by atoms with Gasteiger partial charge in [-0.25, -0.2) is 0 Å². The number of benzene rings is 5. The molecule has 0 saturated carbocycles. The topological polar surface area (TPSA) is 36.9 Å². The molecule has 0 aliphatic rings. The van der Waals surface area contributed by atoms with Crippen LogP contribution in [-0.4, -0.2) is 31.6 Å². The lowest BCUT2D eigenvalue weighted by molar-refractivity contribution is 0.0221. The number of hydrogen-bond donors (Lipinski definition) is 0. The van der Waals surface area contributed by atoms with Gasteiger partial charge in [0.05, 0.1) is 19.0 Å². The summed E-state index contributed by atoms with van der Waals surface area (Å²) in [7, 11) is 1.10. The fourth-order valence-electron chi connectivity index (χ4n) is 3.93. The van der Waals surface area contributed by atoms with Gasteiger partial charge >= 0.3 is 0 Å². The zero-order valence-corrected chi connectivity index (χ0v) is 24.1. The molecule has 0 aromatic heterocycles. The van der Waals surface area contributed by atoms with Gasteiger partial charge in [0, 0.05) is 12.1 Å². The van der Waals surface area contributed by atoms with Crippen molar-refractivity contribution in [2.75, 3.05) is 0 Å². The Bertz CT molecular complexity index is 1190. The first-order chi connectivity index (χ1) is 19.8. The van der Waals surface area contributed by atoms with Gasteiger partial charge in [-0.15, -0.1) is 0 Å². The molecule has 5 aromatic carbocycles. The van der Waals surface area contributed by atoms with Crippen molar-refractivity contribution < 1.29 is 18.9 Å². The molecule has 0 unspecified atom stereocenters. The smallest absolute Gasteiger partial charge is 0.238 e. The minimum atomic E-state index is -0.379. The van der Waals surface area contributed by atoms with Crippen LogP contribution in [0.4, 0.5) is 0 Å². The highest BCUT2D eigenvalue weighted by molar-refractivity contribution is 6.55. The summed E-state index contributed by atoms with van der Waals surface area (Å²) in [5.41, 5.74) is 0. The molecule has 0 saturated heterocycles. The van der Waals surface area contributed by atoms with Gasteiger partial charge in [0.1, 0.15) is 23.0 Å². The molecule has 0 atom stereocenters. The van der Waals surface area contributed by atoms with Crippen LogP contribution in [0.2, 0.25) is 12.1 Å². The van der Waals surface area contributed by atoms with Gasteiger partial charge in [-0.1, -0.05) is 107 Å². The Morgan fingerprint density at radius 2 is 0.600 bits per heavy atom. The van der Waals surface area contributed by atoms with Crippen LogP contribution >= 0.6 is 0 Å². The monoisotopic (exact) mass is 558 g/mol. The predicted molar refractivity (Wildman–Crippen MR) is 163 cm³/mol. The maximum absolute atomic E-state index is 6.18. The third kappa shape index (κ3) is 8.90. The van der Waals surface area contributed by atoms with E-state index in [9.17, 15) is 0 Å². The fourth-order valence-corrected chi connectivity index (χ4v) is 5.87. The number of rotatable bonds is 14. The van der Waals surface area contributed by atoms with Gasteiger partial charge in [0.2, 0.25) is 12.6 Å². The lowest BCUT2D eigenvalue weighted by atomic mass is 10.3. The highest BCUT2D eigenvalue weighted by Crippen LogP contribution is 2.19. The summed E-state index contributed by atoms with van der Waals surface area (Å²) in [6.07, 6.45) is -0.758. The summed E-state index contributed by atoms with van der Waals surface area (Å²) >= 11 is 0. The average molecular weight is 559 g/mol. The van der Waals surface area contributed by atoms with Crippen LogP contribution in [0.5, 0.6) is 23.0 Å². The van der Waals surface area contributed by atoms with E-state index < -0.39 is 0 Å². The third-order valence-corrected chi connectivity index (χ3v) is 8.43. The summed E-state index contributed by atoms with van der Waals surface area (Å²) in [6.45, 7) is 0. The Morgan fingerprint density at radius 3 is 0.850 bits per heavy atom. The lowest BCUT2D eigenvalue weighted by Crippen LogP contribution is -2.31. The van der Waals surface area contributed by atoms with Crippen LogP contribution < -0.4 is 29.3 Å². The summed E-state index contributed by atoms with van der Waals surface area (Å²) in [4.78, 5) is 0. The van der Waals surface area contributed by atoms with Crippen molar-refractivity contribution in [2.45, 2.75) is 24.7 Å². The summed E-state index contributed by atoms with van der Waals surface area (Å²) in [5.74, 6) is 3.20. The van der Waals surface area contributed by atoms with Gasteiger partial charge in [0.25, 0.3) is 0 Å². The Morgan fingerprint density at radius 1 is 0.350 bits per heavy atom. The fraction of sp³-hybridized carbons (Fsp3) is 0.118. The third-order valence-electron chi connectivity index (χ3n) is 5.87. The molecule has 40 heavy (non-hydrogen) atoms. The van der Waals surface area contributed by atoms with E-state index in [1.807, 2.05) is 121 Å². The van der Waals surface area contributed by atoms with Gasteiger partial charge in [0.15, 0.2) is 0 Å². The molecule has 0 amide bonds. The normalized spacial score (nSPS) is 10.8. The minimum absolute atomic E-state index is 0.379. The highest BCUT2D eigenvalue weighted by atomic mass is 28.2. The van der Waals surface area contributed by atoms with Crippen molar-refractivity contribution in [3.8, 4) is 23.0 Å². The van der Waals surface area contributed by atoms with Crippen molar-refractivity contribution >= 4 is 29.4 Å². The second kappa shape index (κ2) is 14.8. The van der Waals surface area contributed by atoms with E-state index in [0.717, 1.165) is 35.1 Å². The molecule has 0 heterocycles. The van der Waals surface area contributed by atoms with Crippen LogP contribution in [0.1, 0.15) is 0 Å². The zero-order chi connectivity index (χ0) is 27.2. The summed E-state index contributed by atoms with van der Waals surface area (Å²) in [6, 6.07) is 49.6. The molecule has 4 nitrogen and oxygen atoms in total. The molecule has 0 aliphatic carbocycles. The van der Waals surface area contributed by atoms with Gasteiger partial charge in [-0.05, 0) is 48.5 Å². The number of para-hydroxylation sites is 4. The highest BCUT2D eigenvalue weighted by Gasteiger charge is 2.16. The second-order valence-electron chi connectivity index (χ2n) is 8.92. The molecular weight excluding hydrogens is 529 g/mol. The first-order valence-electron chi connectivity index (χ1n) is 13.2. The van der Waals surface area contributed by atoms with Crippen molar-refractivity contribution in [1.82, 2.24) is 0 Å². The van der Waals surface area contributed by atoms with Crippen molar-refractivity contribution in [3.05, 3.63) is 146 Å². The Labute approximate surface area is 241 Å². The largest absolute Gasteiger partial charge is 0.455 e. The molecule has 5 rings (SSSR count). The molecule has 4 radical (unpaired) electrons. The summed E-state index contributed by atoms with van der Waals surface area (Å²) in [5, 5.41) is 2.54. The maximum Gasteiger partial charge on any atom is 0.238 e. The maximum atomic E-state index is 6.18. The molecule has 0 bridgehead atoms. The quantitative estimate of drug-likeness (QED) is 0.121. The molecular formula is C34H30O4Si2. The molecule has 0 N–H and O–H groups in total. The Kier molecular flexibility index (Phi) is 10.1. The average Bonchev–Trinajstić information content (AvgIpc) is 3.01. The van der Waals surface area contributed by atoms with E-state index in [1.165, 1.54) is 10.4 Å². The van der Waals surface area contributed by atoms with Crippen molar-refractivity contribution in [3.63, 3.8) is 0 Å². The van der Waals surface area contributed by atoms with Gasteiger partial charge < -0.3 is 18.9 Å². The Balaban J connectivity index is 1.18. The zero-order valence-electron chi connectivity index (χ0n) is 22.1. The second-order valence-corrected chi connectivity index (χ2v) is 11.6. The van der Waals surface area contributed by atoms with E-state index >= 15 is 0 Å². The van der Waals surface area contributed by atoms with Gasteiger partial charge in [-0.2, -0.15) is 0 Å². The first-order valence-corrected chi connectivity index (χ1v) is 15.7. The first kappa shape index (κ1) is 27.3. The SMILES string of the molecule is c1ccc(OC(C[Si]c2ccc([Si]CC(Oc3ccccc3)Oc3ccccc3)cc2)Oc2ccccc2)cc1. The lowest BCUT2D eigenvalue weighted by Gasteiger charge is -2.21. The van der Waals surface area contributed by atoms with Crippen LogP contribution in [0, 0.1) is 0 Å². The van der Waals surface area contributed by atoms with E-state index in [1.54, 1.807) is 0 Å². The van der Waals surface area contributed by atoms with Crippen LogP contribution in [0.3, 0.4) is 0 Å². The van der Waals surface area contributed by atoms with E-state index in [-0.39, 0.29) is 12.6 Å². The standard InChI is InChI=1S/C34H30O4Si2/c1-5-13-27(14-6-1)35-33(36-28-15-7-2-8-16-28)25-39-31-21-23-32(24-22-31)40-26-34(37-29-17-9-3-10-18-29)38-30-19-11-4-12-20-30/h1-24,33-34H,25-26H2. The molecule has 0 spiro atoms. The summed E-state index contributed by atoms with van der Waals surface area (Å²) < 4.78 is 24.7. The van der Waals surface area contributed by atoms with E-state index in [4.69, 9.17) is 18.9 Å².